The maximum atomic E-state index is 11.5. The van der Waals surface area contributed by atoms with Crippen LogP contribution in [-0.2, 0) is 11.2 Å². The summed E-state index contributed by atoms with van der Waals surface area (Å²) >= 11 is 6.46. The van der Waals surface area contributed by atoms with Crippen LogP contribution in [0.1, 0.15) is 23.4 Å². The summed E-state index contributed by atoms with van der Waals surface area (Å²) in [5.74, 6) is 2.55. The summed E-state index contributed by atoms with van der Waals surface area (Å²) in [5, 5.41) is 2.83. The van der Waals surface area contributed by atoms with Crippen molar-refractivity contribution in [1.82, 2.24) is 10.3 Å². The number of thiazole rings is 1. The van der Waals surface area contributed by atoms with Crippen molar-refractivity contribution in [3.63, 3.8) is 0 Å². The van der Waals surface area contributed by atoms with Crippen molar-refractivity contribution in [3.8, 4) is 12.3 Å². The average molecular weight is 254 g/mol. The topological polar surface area (TPSA) is 44.9 Å². The number of carbonyl (C=O) groups is 1. The molecule has 0 spiro atoms. The Morgan fingerprint density at radius 3 is 3.00 bits per heavy atom. The summed E-state index contributed by atoms with van der Waals surface area (Å²) in [6.07, 6.45) is 7.02. The molecule has 1 amide bonds. The van der Waals surface area contributed by atoms with E-state index in [9.17, 15) is 4.79 Å². The van der Waals surface area contributed by atoms with Crippen molar-refractivity contribution in [2.45, 2.75) is 26.2 Å². The molecule has 1 heterocycles. The Balaban J connectivity index is 2.37. The number of carbonyl (C=O) groups excluding carboxylic acids is 1. The number of hydrogen-bond acceptors (Lipinski definition) is 3. The maximum absolute atomic E-state index is 11.5. The van der Waals surface area contributed by atoms with Crippen LogP contribution in [0.5, 0.6) is 0 Å². The zero-order valence-corrected chi connectivity index (χ0v) is 10.8. The Bertz CT molecular complexity index is 453. The fraction of sp³-hybridized carbons (Fsp3) is 0.455. The van der Waals surface area contributed by atoms with Crippen LogP contribution in [0.25, 0.3) is 0 Å². The van der Waals surface area contributed by atoms with Gasteiger partial charge in [0, 0.05) is 23.5 Å². The first-order chi connectivity index (χ1) is 7.63. The molecule has 0 aromatic carbocycles. The van der Waals surface area contributed by atoms with Crippen LogP contribution in [0.15, 0.2) is 0 Å². The van der Waals surface area contributed by atoms with Gasteiger partial charge in [-0.05, 0) is 25.6 Å². The lowest BCUT2D eigenvalue weighted by atomic mass is 10.2. The molecule has 0 saturated heterocycles. The molecule has 0 bridgehead atoms. The first-order valence-corrected chi connectivity index (χ1v) is 6.24. The van der Waals surface area contributed by atoms with Crippen molar-refractivity contribution < 1.29 is 4.79 Å². The van der Waals surface area contributed by atoms with Gasteiger partial charge in [0.15, 0.2) is 3.95 Å². The number of aromatic nitrogens is 1. The predicted molar refractivity (Wildman–Crippen MR) is 69.0 cm³/mol. The third-order valence-electron chi connectivity index (χ3n) is 2.06. The molecule has 1 rings (SSSR count). The summed E-state index contributed by atoms with van der Waals surface area (Å²) in [7, 11) is 0. The van der Waals surface area contributed by atoms with Crippen LogP contribution in [0.2, 0.25) is 0 Å². The van der Waals surface area contributed by atoms with E-state index in [2.05, 4.69) is 16.2 Å². The summed E-state index contributed by atoms with van der Waals surface area (Å²) in [6.45, 7) is 2.56. The number of nitrogens with one attached hydrogen (secondary N) is 2. The van der Waals surface area contributed by atoms with E-state index in [1.54, 1.807) is 0 Å². The Kier molecular flexibility index (Phi) is 5.23. The summed E-state index contributed by atoms with van der Waals surface area (Å²) in [5.41, 5.74) is 0.980. The SMILES string of the molecule is C#CCCCNC(=O)Cc1sc(=S)[nH]c1C. The number of rotatable bonds is 5. The molecule has 0 fully saturated rings. The lowest BCUT2D eigenvalue weighted by molar-refractivity contribution is -0.120. The van der Waals surface area contributed by atoms with Gasteiger partial charge < -0.3 is 10.3 Å². The van der Waals surface area contributed by atoms with Gasteiger partial charge in [-0.3, -0.25) is 4.79 Å². The van der Waals surface area contributed by atoms with E-state index in [4.69, 9.17) is 18.6 Å². The lowest BCUT2D eigenvalue weighted by Crippen LogP contribution is -2.25. The molecule has 0 aliphatic carbocycles. The van der Waals surface area contributed by atoms with Crippen LogP contribution < -0.4 is 5.32 Å². The first kappa shape index (κ1) is 12.9. The van der Waals surface area contributed by atoms with E-state index in [1.807, 2.05) is 6.92 Å². The highest BCUT2D eigenvalue weighted by Crippen LogP contribution is 2.14. The molecule has 0 saturated carbocycles. The highest BCUT2D eigenvalue weighted by Gasteiger charge is 2.07. The van der Waals surface area contributed by atoms with Crippen molar-refractivity contribution in [2.75, 3.05) is 6.54 Å². The van der Waals surface area contributed by atoms with Crippen LogP contribution >= 0.6 is 23.6 Å². The van der Waals surface area contributed by atoms with Gasteiger partial charge in [0.2, 0.25) is 5.91 Å². The van der Waals surface area contributed by atoms with Gasteiger partial charge in [0.05, 0.1) is 6.42 Å². The van der Waals surface area contributed by atoms with Crippen molar-refractivity contribution in [2.24, 2.45) is 0 Å². The molecule has 86 valence electrons. The largest absolute Gasteiger partial charge is 0.356 e. The second-order valence-electron chi connectivity index (χ2n) is 3.40. The number of aryl methyl sites for hydroxylation is 1. The molecule has 1 aromatic heterocycles. The van der Waals surface area contributed by atoms with Crippen molar-refractivity contribution in [1.29, 1.82) is 0 Å². The molecule has 0 aliphatic rings. The molecule has 2 N–H and O–H groups in total. The van der Waals surface area contributed by atoms with Gasteiger partial charge in [-0.15, -0.1) is 23.7 Å². The quantitative estimate of drug-likeness (QED) is 0.480. The monoisotopic (exact) mass is 254 g/mol. The standard InChI is InChI=1S/C11H14N2OS2/c1-3-4-5-6-12-10(14)7-9-8(2)13-11(15)16-9/h1H,4-7H2,2H3,(H,12,14)(H,13,15). The molecular formula is C11H14N2OS2. The molecule has 1 aromatic rings. The van der Waals surface area contributed by atoms with Gasteiger partial charge in [0.1, 0.15) is 0 Å². The van der Waals surface area contributed by atoms with Crippen LogP contribution in [0.4, 0.5) is 0 Å². The molecule has 0 aliphatic heterocycles. The highest BCUT2D eigenvalue weighted by atomic mass is 32.1. The minimum Gasteiger partial charge on any atom is -0.356 e. The van der Waals surface area contributed by atoms with E-state index in [1.165, 1.54) is 11.3 Å². The second-order valence-corrected chi connectivity index (χ2v) is 5.17. The Morgan fingerprint density at radius 2 is 2.44 bits per heavy atom. The lowest BCUT2D eigenvalue weighted by Gasteiger charge is -2.02. The first-order valence-electron chi connectivity index (χ1n) is 5.02. The minimum absolute atomic E-state index is 0.0189. The Labute approximate surface area is 104 Å². The molecule has 16 heavy (non-hydrogen) atoms. The van der Waals surface area contributed by atoms with Gasteiger partial charge in [-0.1, -0.05) is 0 Å². The predicted octanol–water partition coefficient (Wildman–Crippen LogP) is 2.19. The number of H-pyrrole nitrogens is 1. The summed E-state index contributed by atoms with van der Waals surface area (Å²) in [4.78, 5) is 15.5. The van der Waals surface area contributed by atoms with Gasteiger partial charge >= 0.3 is 0 Å². The van der Waals surface area contributed by atoms with E-state index in [0.29, 0.717) is 23.3 Å². The van der Waals surface area contributed by atoms with Gasteiger partial charge in [-0.25, -0.2) is 0 Å². The fourth-order valence-electron chi connectivity index (χ4n) is 1.23. The highest BCUT2D eigenvalue weighted by molar-refractivity contribution is 7.73. The van der Waals surface area contributed by atoms with Crippen molar-refractivity contribution >= 4 is 29.5 Å². The van der Waals surface area contributed by atoms with Gasteiger partial charge in [-0.2, -0.15) is 0 Å². The molecule has 5 heteroatoms. The zero-order valence-electron chi connectivity index (χ0n) is 9.13. The molecular weight excluding hydrogens is 240 g/mol. The zero-order chi connectivity index (χ0) is 12.0. The minimum atomic E-state index is 0.0189. The number of hydrogen-bond donors (Lipinski definition) is 2. The van der Waals surface area contributed by atoms with Crippen LogP contribution in [0, 0.1) is 23.2 Å². The third-order valence-corrected chi connectivity index (χ3v) is 3.40. The van der Waals surface area contributed by atoms with Gasteiger partial charge in [0.25, 0.3) is 0 Å². The second kappa shape index (κ2) is 6.46. The number of unbranched alkanes of at least 4 members (excludes halogenated alkanes) is 1. The van der Waals surface area contributed by atoms with E-state index >= 15 is 0 Å². The number of aromatic amines is 1. The van der Waals surface area contributed by atoms with E-state index < -0.39 is 0 Å². The summed E-state index contributed by atoms with van der Waals surface area (Å²) < 4.78 is 0.715. The maximum Gasteiger partial charge on any atom is 0.225 e. The van der Waals surface area contributed by atoms with Crippen LogP contribution in [-0.4, -0.2) is 17.4 Å². The van der Waals surface area contributed by atoms with E-state index in [-0.39, 0.29) is 5.91 Å². The van der Waals surface area contributed by atoms with Crippen LogP contribution in [0.3, 0.4) is 0 Å². The number of amides is 1. The molecule has 0 unspecified atom stereocenters. The summed E-state index contributed by atoms with van der Waals surface area (Å²) in [6, 6.07) is 0. The van der Waals surface area contributed by atoms with Crippen molar-refractivity contribution in [3.05, 3.63) is 14.5 Å². The molecule has 3 nitrogen and oxygen atoms in total. The number of terminal acetylenes is 1. The third kappa shape index (κ3) is 4.17. The fourth-order valence-corrected chi connectivity index (χ4v) is 2.52. The molecule has 0 radical (unpaired) electrons. The normalized spacial score (nSPS) is 9.75. The Hall–Kier alpha value is -1.12. The smallest absolute Gasteiger partial charge is 0.225 e. The van der Waals surface area contributed by atoms with E-state index in [0.717, 1.165) is 17.0 Å². The Morgan fingerprint density at radius 1 is 1.69 bits per heavy atom. The molecule has 0 atom stereocenters. The average Bonchev–Trinajstić information content (AvgIpc) is 2.52.